The van der Waals surface area contributed by atoms with Crippen molar-refractivity contribution in [2.24, 2.45) is 5.92 Å². The molecule has 0 unspecified atom stereocenters. The molecule has 0 bridgehead atoms. The van der Waals surface area contributed by atoms with Gasteiger partial charge >= 0.3 is 0 Å². The first kappa shape index (κ1) is 20.4. The number of fused-ring (bicyclic) bond motifs is 1. The zero-order valence-electron chi connectivity index (χ0n) is 16.9. The highest BCUT2D eigenvalue weighted by molar-refractivity contribution is 7.89. The number of nitrogens with one attached hydrogen (secondary N) is 1. The number of sulfonamides is 1. The molecular formula is C21H22FN5O2S. The standard InChI is InChI=1S/C21H22FN5O2S/c1-12(2)27-19-7-6-15(22)8-17(19)18(9-23)20(27)21-24-10-16(11-25-21)30(28,29)26-13(3)14-4-5-14/h6-8,10-14,26H,4-5H2,1-3H3/t13-/m0/s1. The minimum atomic E-state index is -3.73. The average molecular weight is 428 g/mol. The van der Waals surface area contributed by atoms with Crippen molar-refractivity contribution in [3.05, 3.63) is 42.0 Å². The van der Waals surface area contributed by atoms with Gasteiger partial charge in [-0.3, -0.25) is 0 Å². The SMILES string of the molecule is CC(C)n1c(-c2ncc(S(=O)(=O)N[C@@H](C)C3CC3)cn2)c(C#N)c2cc(F)ccc21. The Hall–Kier alpha value is -2.83. The maximum atomic E-state index is 13.8. The molecule has 1 aromatic carbocycles. The highest BCUT2D eigenvalue weighted by atomic mass is 32.2. The lowest BCUT2D eigenvalue weighted by molar-refractivity contribution is 0.537. The zero-order valence-corrected chi connectivity index (χ0v) is 17.7. The summed E-state index contributed by atoms with van der Waals surface area (Å²) in [4.78, 5) is 8.48. The summed E-state index contributed by atoms with van der Waals surface area (Å²) < 4.78 is 43.6. The van der Waals surface area contributed by atoms with Gasteiger partial charge in [-0.05, 0) is 57.7 Å². The number of aromatic nitrogens is 3. The first-order valence-corrected chi connectivity index (χ1v) is 11.3. The van der Waals surface area contributed by atoms with Gasteiger partial charge in [0.1, 0.15) is 22.5 Å². The first-order chi connectivity index (χ1) is 14.2. The number of rotatable bonds is 6. The van der Waals surface area contributed by atoms with Crippen LogP contribution in [0.3, 0.4) is 0 Å². The molecule has 30 heavy (non-hydrogen) atoms. The van der Waals surface area contributed by atoms with Crippen molar-refractivity contribution in [1.82, 2.24) is 19.3 Å². The summed E-state index contributed by atoms with van der Waals surface area (Å²) in [5.41, 5.74) is 1.39. The fourth-order valence-electron chi connectivity index (χ4n) is 3.74. The van der Waals surface area contributed by atoms with Gasteiger partial charge in [0.15, 0.2) is 5.82 Å². The van der Waals surface area contributed by atoms with Gasteiger partial charge in [-0.25, -0.2) is 27.5 Å². The lowest BCUT2D eigenvalue weighted by atomic mass is 10.1. The number of halogens is 1. The van der Waals surface area contributed by atoms with Crippen LogP contribution in [0.25, 0.3) is 22.4 Å². The second-order valence-corrected chi connectivity index (χ2v) is 9.66. The lowest BCUT2D eigenvalue weighted by Gasteiger charge is -2.15. The van der Waals surface area contributed by atoms with E-state index in [1.54, 1.807) is 6.07 Å². The molecule has 1 saturated carbocycles. The molecule has 0 amide bonds. The van der Waals surface area contributed by atoms with Gasteiger partial charge in [-0.15, -0.1) is 0 Å². The van der Waals surface area contributed by atoms with Gasteiger partial charge in [0.25, 0.3) is 0 Å². The van der Waals surface area contributed by atoms with Crippen LogP contribution in [0.1, 0.15) is 45.2 Å². The maximum Gasteiger partial charge on any atom is 0.243 e. The summed E-state index contributed by atoms with van der Waals surface area (Å²) in [6, 6.07) is 6.22. The Morgan fingerprint density at radius 2 is 1.90 bits per heavy atom. The molecule has 3 aromatic rings. The van der Waals surface area contributed by atoms with Crippen LogP contribution in [0.2, 0.25) is 0 Å². The van der Waals surface area contributed by atoms with E-state index in [1.807, 2.05) is 25.3 Å². The summed E-state index contributed by atoms with van der Waals surface area (Å²) in [7, 11) is -3.73. The van der Waals surface area contributed by atoms with Crippen molar-refractivity contribution in [3.8, 4) is 17.6 Å². The summed E-state index contributed by atoms with van der Waals surface area (Å²) in [5.74, 6) is 0.149. The van der Waals surface area contributed by atoms with E-state index >= 15 is 0 Å². The normalized spacial score (nSPS) is 15.5. The van der Waals surface area contributed by atoms with E-state index in [4.69, 9.17) is 0 Å². The summed E-state index contributed by atoms with van der Waals surface area (Å²) in [5, 5.41) is 10.2. The van der Waals surface area contributed by atoms with E-state index in [0.29, 0.717) is 22.5 Å². The molecule has 9 heteroatoms. The second kappa shape index (κ2) is 7.45. The Bertz CT molecular complexity index is 1260. The van der Waals surface area contributed by atoms with Crippen LogP contribution in [0, 0.1) is 23.1 Å². The summed E-state index contributed by atoms with van der Waals surface area (Å²) in [6.07, 6.45) is 4.54. The van der Waals surface area contributed by atoms with Crippen LogP contribution in [0.4, 0.5) is 4.39 Å². The Kier molecular flexibility index (Phi) is 5.08. The molecular weight excluding hydrogens is 405 g/mol. The molecule has 1 aliphatic carbocycles. The first-order valence-electron chi connectivity index (χ1n) is 9.81. The van der Waals surface area contributed by atoms with Crippen molar-refractivity contribution >= 4 is 20.9 Å². The molecule has 0 radical (unpaired) electrons. The molecule has 1 N–H and O–H groups in total. The fourth-order valence-corrected chi connectivity index (χ4v) is 4.94. The summed E-state index contributed by atoms with van der Waals surface area (Å²) >= 11 is 0. The van der Waals surface area contributed by atoms with Gasteiger partial charge in [0.2, 0.25) is 10.0 Å². The van der Waals surface area contributed by atoms with Gasteiger partial charge in [-0.2, -0.15) is 5.26 Å². The highest BCUT2D eigenvalue weighted by Crippen LogP contribution is 2.35. The largest absolute Gasteiger partial charge is 0.334 e. The summed E-state index contributed by atoms with van der Waals surface area (Å²) in [6.45, 7) is 5.73. The predicted octanol–water partition coefficient (Wildman–Crippen LogP) is 3.77. The molecule has 156 valence electrons. The van der Waals surface area contributed by atoms with Gasteiger partial charge in [0, 0.05) is 17.5 Å². The Morgan fingerprint density at radius 1 is 1.23 bits per heavy atom. The third-order valence-electron chi connectivity index (χ3n) is 5.41. The van der Waals surface area contributed by atoms with E-state index in [9.17, 15) is 18.1 Å². The van der Waals surface area contributed by atoms with E-state index < -0.39 is 15.8 Å². The maximum absolute atomic E-state index is 13.8. The Balaban J connectivity index is 1.79. The van der Waals surface area contributed by atoms with E-state index in [0.717, 1.165) is 12.8 Å². The second-order valence-electron chi connectivity index (χ2n) is 7.95. The van der Waals surface area contributed by atoms with Crippen LogP contribution < -0.4 is 4.72 Å². The van der Waals surface area contributed by atoms with Crippen molar-refractivity contribution in [2.45, 2.75) is 50.6 Å². The van der Waals surface area contributed by atoms with Crippen molar-refractivity contribution in [1.29, 1.82) is 5.26 Å². The monoisotopic (exact) mass is 427 g/mol. The van der Waals surface area contributed by atoms with Crippen LogP contribution in [-0.4, -0.2) is 29.0 Å². The predicted molar refractivity (Wildman–Crippen MR) is 111 cm³/mol. The lowest BCUT2D eigenvalue weighted by Crippen LogP contribution is -2.34. The average Bonchev–Trinajstić information content (AvgIpc) is 3.49. The fraction of sp³-hybridized carbons (Fsp3) is 0.381. The molecule has 0 saturated heterocycles. The van der Waals surface area contributed by atoms with E-state index in [2.05, 4.69) is 20.8 Å². The van der Waals surface area contributed by atoms with E-state index in [1.165, 1.54) is 24.5 Å². The molecule has 7 nitrogen and oxygen atoms in total. The van der Waals surface area contributed by atoms with Gasteiger partial charge in [0.05, 0.1) is 23.5 Å². The Morgan fingerprint density at radius 3 is 2.47 bits per heavy atom. The number of hydrogen-bond donors (Lipinski definition) is 1. The van der Waals surface area contributed by atoms with Crippen molar-refractivity contribution < 1.29 is 12.8 Å². The van der Waals surface area contributed by atoms with Crippen LogP contribution in [0.5, 0.6) is 0 Å². The Labute approximate surface area is 174 Å². The number of hydrogen-bond acceptors (Lipinski definition) is 5. The molecule has 0 aliphatic heterocycles. The van der Waals surface area contributed by atoms with Crippen LogP contribution in [0.15, 0.2) is 35.5 Å². The van der Waals surface area contributed by atoms with E-state index in [-0.39, 0.29) is 28.4 Å². The molecule has 1 aliphatic rings. The molecule has 4 rings (SSSR count). The molecule has 1 fully saturated rings. The molecule has 2 heterocycles. The highest BCUT2D eigenvalue weighted by Gasteiger charge is 2.31. The third-order valence-corrected chi connectivity index (χ3v) is 6.93. The molecule has 0 spiro atoms. The van der Waals surface area contributed by atoms with Gasteiger partial charge in [-0.1, -0.05) is 0 Å². The minimum Gasteiger partial charge on any atom is -0.334 e. The van der Waals surface area contributed by atoms with Crippen LogP contribution >= 0.6 is 0 Å². The number of benzene rings is 1. The smallest absolute Gasteiger partial charge is 0.243 e. The number of nitriles is 1. The molecule has 1 atom stereocenters. The molecule has 2 aromatic heterocycles. The van der Waals surface area contributed by atoms with Crippen molar-refractivity contribution in [2.75, 3.05) is 0 Å². The van der Waals surface area contributed by atoms with Crippen molar-refractivity contribution in [3.63, 3.8) is 0 Å². The van der Waals surface area contributed by atoms with Crippen LogP contribution in [-0.2, 0) is 10.0 Å². The third kappa shape index (κ3) is 3.57. The quantitative estimate of drug-likeness (QED) is 0.645. The zero-order chi connectivity index (χ0) is 21.6. The minimum absolute atomic E-state index is 0.0319. The topological polar surface area (TPSA) is 101 Å². The van der Waals surface area contributed by atoms with Gasteiger partial charge < -0.3 is 4.57 Å². The number of nitrogens with zero attached hydrogens (tertiary/aromatic N) is 4.